The van der Waals surface area contributed by atoms with Crippen molar-refractivity contribution in [1.82, 2.24) is 15.5 Å². The molecule has 0 aliphatic heterocycles. The van der Waals surface area contributed by atoms with Crippen LogP contribution in [0.25, 0.3) is 0 Å². The number of nitrogens with two attached hydrogens (primary N) is 1. The van der Waals surface area contributed by atoms with Gasteiger partial charge in [0.2, 0.25) is 11.0 Å². The van der Waals surface area contributed by atoms with Gasteiger partial charge in [-0.3, -0.25) is 10.1 Å². The van der Waals surface area contributed by atoms with Crippen molar-refractivity contribution in [3.05, 3.63) is 0 Å². The average molecular weight is 333 g/mol. The van der Waals surface area contributed by atoms with E-state index in [0.717, 1.165) is 13.0 Å². The molecule has 1 aromatic rings. The zero-order valence-corrected chi connectivity index (χ0v) is 13.6. The molecular weight excluding hydrogens is 314 g/mol. The van der Waals surface area contributed by atoms with Crippen LogP contribution in [0, 0.1) is 0 Å². The number of urea groups is 1. The fourth-order valence-electron chi connectivity index (χ4n) is 1.27. The predicted octanol–water partition coefficient (Wildman–Crippen LogP) is 1.05. The van der Waals surface area contributed by atoms with Crippen LogP contribution < -0.4 is 16.4 Å². The van der Waals surface area contributed by atoms with E-state index in [0.29, 0.717) is 22.7 Å². The first-order chi connectivity index (χ1) is 10.0. The molecule has 1 aromatic heterocycles. The van der Waals surface area contributed by atoms with Crippen LogP contribution in [0.5, 0.6) is 0 Å². The molecule has 1 atom stereocenters. The number of hydrogen-bond acceptors (Lipinski definition) is 8. The van der Waals surface area contributed by atoms with Crippen molar-refractivity contribution in [2.45, 2.75) is 29.9 Å². The Hall–Kier alpha value is -1.39. The van der Waals surface area contributed by atoms with Gasteiger partial charge in [0.05, 0.1) is 5.25 Å². The molecule has 0 aromatic carbocycles. The van der Waals surface area contributed by atoms with E-state index in [1.165, 1.54) is 23.1 Å². The summed E-state index contributed by atoms with van der Waals surface area (Å²) in [6.45, 7) is 5.78. The van der Waals surface area contributed by atoms with E-state index in [4.69, 9.17) is 10.5 Å². The van der Waals surface area contributed by atoms with Crippen LogP contribution in [0.1, 0.15) is 20.3 Å². The first-order valence-electron chi connectivity index (χ1n) is 6.45. The van der Waals surface area contributed by atoms with Crippen molar-refractivity contribution in [2.75, 3.05) is 25.1 Å². The van der Waals surface area contributed by atoms with Crippen LogP contribution in [0.2, 0.25) is 0 Å². The fraction of sp³-hybridized carbons (Fsp3) is 0.636. The number of carbonyl (C=O) groups excluding carboxylic acids is 2. The number of hydrogen-bond donors (Lipinski definition) is 3. The number of nitrogens with zero attached hydrogens (tertiary/aromatic N) is 2. The van der Waals surface area contributed by atoms with E-state index >= 15 is 0 Å². The molecule has 8 nitrogen and oxygen atoms in total. The number of ether oxygens (including phenoxy) is 1. The highest BCUT2D eigenvalue weighted by Gasteiger charge is 2.18. The summed E-state index contributed by atoms with van der Waals surface area (Å²) in [6.07, 6.45) is 0.882. The third-order valence-electron chi connectivity index (χ3n) is 2.25. The summed E-state index contributed by atoms with van der Waals surface area (Å²) in [4.78, 5) is 22.1. The van der Waals surface area contributed by atoms with Gasteiger partial charge >= 0.3 is 6.03 Å². The van der Waals surface area contributed by atoms with Crippen molar-refractivity contribution < 1.29 is 14.3 Å². The summed E-state index contributed by atoms with van der Waals surface area (Å²) in [6, 6.07) is -0.860. The number of primary amides is 1. The lowest BCUT2D eigenvalue weighted by atomic mass is 10.4. The van der Waals surface area contributed by atoms with Gasteiger partial charge in [0, 0.05) is 19.8 Å². The van der Waals surface area contributed by atoms with Crippen LogP contribution in [-0.2, 0) is 9.53 Å². The number of carbonyl (C=O) groups is 2. The van der Waals surface area contributed by atoms with Crippen LogP contribution >= 0.6 is 23.1 Å². The number of rotatable bonds is 9. The first kappa shape index (κ1) is 17.7. The molecule has 0 spiro atoms. The molecule has 0 bridgehead atoms. The van der Waals surface area contributed by atoms with E-state index in [1.54, 1.807) is 6.92 Å². The Morgan fingerprint density at radius 1 is 1.48 bits per heavy atom. The third-order valence-corrected chi connectivity index (χ3v) is 4.31. The van der Waals surface area contributed by atoms with Crippen molar-refractivity contribution in [2.24, 2.45) is 5.73 Å². The summed E-state index contributed by atoms with van der Waals surface area (Å²) in [7, 11) is 0. The molecule has 1 rings (SSSR count). The molecule has 0 aliphatic carbocycles. The van der Waals surface area contributed by atoms with Crippen LogP contribution in [-0.4, -0.2) is 47.1 Å². The van der Waals surface area contributed by atoms with Crippen LogP contribution in [0.3, 0.4) is 0 Å². The minimum Gasteiger partial charge on any atom is -0.382 e. The third kappa shape index (κ3) is 7.25. The zero-order valence-electron chi connectivity index (χ0n) is 11.9. The Morgan fingerprint density at radius 2 is 2.24 bits per heavy atom. The van der Waals surface area contributed by atoms with Gasteiger partial charge in [-0.1, -0.05) is 23.1 Å². The standard InChI is InChI=1S/C11H19N5O3S2/c1-3-19-6-4-5-13-10-15-16-11(21-10)20-7(2)8(17)14-9(12)18/h7H,3-6H2,1-2H3,(H,13,15)(H3,12,14,17,18). The topological polar surface area (TPSA) is 119 Å². The Labute approximate surface area is 131 Å². The molecule has 0 saturated heterocycles. The molecular formula is C11H19N5O3S2. The number of nitrogens with one attached hydrogen (secondary N) is 2. The molecule has 10 heteroatoms. The zero-order chi connectivity index (χ0) is 15.7. The summed E-state index contributed by atoms with van der Waals surface area (Å²) in [5.74, 6) is -0.450. The molecule has 4 N–H and O–H groups in total. The van der Waals surface area contributed by atoms with Crippen molar-refractivity contribution >= 4 is 40.2 Å². The van der Waals surface area contributed by atoms with Crippen LogP contribution in [0.4, 0.5) is 9.93 Å². The first-order valence-corrected chi connectivity index (χ1v) is 8.14. The summed E-state index contributed by atoms with van der Waals surface area (Å²) in [5, 5.41) is 13.3. The highest BCUT2D eigenvalue weighted by molar-refractivity contribution is 8.02. The van der Waals surface area contributed by atoms with Gasteiger partial charge in [-0.25, -0.2) is 4.79 Å². The average Bonchev–Trinajstić information content (AvgIpc) is 2.85. The quantitative estimate of drug-likeness (QED) is 0.456. The summed E-state index contributed by atoms with van der Waals surface area (Å²) < 4.78 is 5.88. The van der Waals surface area contributed by atoms with E-state index in [1.807, 2.05) is 12.2 Å². The van der Waals surface area contributed by atoms with Gasteiger partial charge in [0.1, 0.15) is 0 Å². The molecule has 21 heavy (non-hydrogen) atoms. The van der Waals surface area contributed by atoms with Crippen molar-refractivity contribution in [1.29, 1.82) is 0 Å². The molecule has 0 fully saturated rings. The molecule has 118 valence electrons. The van der Waals surface area contributed by atoms with Gasteiger partial charge < -0.3 is 15.8 Å². The highest BCUT2D eigenvalue weighted by atomic mass is 32.2. The van der Waals surface area contributed by atoms with Gasteiger partial charge in [-0.2, -0.15) is 0 Å². The minimum absolute atomic E-state index is 0.450. The van der Waals surface area contributed by atoms with E-state index in [9.17, 15) is 9.59 Å². The molecule has 0 radical (unpaired) electrons. The second kappa shape index (κ2) is 9.53. The molecule has 3 amide bonds. The van der Waals surface area contributed by atoms with E-state index < -0.39 is 17.2 Å². The smallest absolute Gasteiger partial charge is 0.318 e. The number of imide groups is 1. The largest absolute Gasteiger partial charge is 0.382 e. The maximum Gasteiger partial charge on any atom is 0.318 e. The van der Waals surface area contributed by atoms with Gasteiger partial charge in [-0.15, -0.1) is 10.2 Å². The Kier molecular flexibility index (Phi) is 8.01. The van der Waals surface area contributed by atoms with Crippen molar-refractivity contribution in [3.63, 3.8) is 0 Å². The number of amides is 3. The number of thioether (sulfide) groups is 1. The van der Waals surface area contributed by atoms with Crippen molar-refractivity contribution in [3.8, 4) is 0 Å². The molecule has 1 unspecified atom stereocenters. The lowest BCUT2D eigenvalue weighted by Crippen LogP contribution is -2.39. The second-order valence-corrected chi connectivity index (χ2v) is 6.53. The van der Waals surface area contributed by atoms with Gasteiger partial charge in [-0.05, 0) is 20.3 Å². The second-order valence-electron chi connectivity index (χ2n) is 3.96. The Balaban J connectivity index is 2.34. The number of anilines is 1. The summed E-state index contributed by atoms with van der Waals surface area (Å²) in [5.41, 5.74) is 4.89. The highest BCUT2D eigenvalue weighted by Crippen LogP contribution is 2.28. The summed E-state index contributed by atoms with van der Waals surface area (Å²) >= 11 is 2.58. The van der Waals surface area contributed by atoms with Crippen LogP contribution in [0.15, 0.2) is 4.34 Å². The fourth-order valence-corrected chi connectivity index (χ4v) is 3.19. The number of aromatic nitrogens is 2. The van der Waals surface area contributed by atoms with E-state index in [-0.39, 0.29) is 0 Å². The normalized spacial score (nSPS) is 11.9. The Bertz CT molecular complexity index is 468. The minimum atomic E-state index is -0.860. The lowest BCUT2D eigenvalue weighted by Gasteiger charge is -2.06. The molecule has 0 aliphatic rings. The lowest BCUT2D eigenvalue weighted by molar-refractivity contribution is -0.119. The SMILES string of the molecule is CCOCCCNc1nnc(SC(C)C(=O)NC(N)=O)s1. The van der Waals surface area contributed by atoms with Gasteiger partial charge in [0.25, 0.3) is 0 Å². The predicted molar refractivity (Wildman–Crippen MR) is 82.6 cm³/mol. The monoisotopic (exact) mass is 333 g/mol. The maximum absolute atomic E-state index is 11.5. The maximum atomic E-state index is 11.5. The van der Waals surface area contributed by atoms with Gasteiger partial charge in [0.15, 0.2) is 4.34 Å². The Morgan fingerprint density at radius 3 is 2.90 bits per heavy atom. The molecule has 0 saturated carbocycles. The van der Waals surface area contributed by atoms with E-state index in [2.05, 4.69) is 15.5 Å². The molecule has 1 heterocycles.